The second-order valence-electron chi connectivity index (χ2n) is 6.06. The van der Waals surface area contributed by atoms with Gasteiger partial charge in [-0.3, -0.25) is 14.3 Å². The van der Waals surface area contributed by atoms with Crippen LogP contribution in [-0.2, 0) is 12.2 Å². The maximum Gasteiger partial charge on any atom is 0.272 e. The Bertz CT molecular complexity index is 1050. The standard InChI is InChI=1S/C20H19N3O3S2/c1-25-16-7-6-14(11-17(16)26-2)23-19(24)18-15(8-10-27-18)22-20(23)28-12-13-5-3-4-9-21-13/h3-7,9,11H,8,10,12H2,1-2H3. The minimum Gasteiger partial charge on any atom is -0.493 e. The van der Waals surface area contributed by atoms with Gasteiger partial charge in [0.2, 0.25) is 0 Å². The highest BCUT2D eigenvalue weighted by Crippen LogP contribution is 2.33. The lowest BCUT2D eigenvalue weighted by atomic mass is 10.2. The molecule has 0 radical (unpaired) electrons. The van der Waals surface area contributed by atoms with Crippen molar-refractivity contribution >= 4 is 23.5 Å². The number of hydrogen-bond acceptors (Lipinski definition) is 7. The van der Waals surface area contributed by atoms with Crippen molar-refractivity contribution in [3.8, 4) is 17.2 Å². The Kier molecular flexibility index (Phi) is 5.59. The Hall–Kier alpha value is -2.45. The first-order valence-electron chi connectivity index (χ1n) is 8.75. The SMILES string of the molecule is COc1ccc(-n2c(SCc3ccccn3)nc3c(c2=O)SCC3)cc1OC. The van der Waals surface area contributed by atoms with E-state index in [2.05, 4.69) is 4.98 Å². The fourth-order valence-electron chi connectivity index (χ4n) is 3.00. The predicted molar refractivity (Wildman–Crippen MR) is 111 cm³/mol. The van der Waals surface area contributed by atoms with E-state index in [4.69, 9.17) is 14.5 Å². The summed E-state index contributed by atoms with van der Waals surface area (Å²) in [7, 11) is 3.17. The zero-order chi connectivity index (χ0) is 19.5. The zero-order valence-corrected chi connectivity index (χ0v) is 17.2. The molecular weight excluding hydrogens is 394 g/mol. The van der Waals surface area contributed by atoms with E-state index < -0.39 is 0 Å². The van der Waals surface area contributed by atoms with Gasteiger partial charge >= 0.3 is 0 Å². The number of ether oxygens (including phenoxy) is 2. The number of thioether (sulfide) groups is 2. The molecular formula is C20H19N3O3S2. The van der Waals surface area contributed by atoms with E-state index in [9.17, 15) is 4.79 Å². The topological polar surface area (TPSA) is 66.2 Å². The fourth-order valence-corrected chi connectivity index (χ4v) is 4.97. The number of fused-ring (bicyclic) bond motifs is 1. The summed E-state index contributed by atoms with van der Waals surface area (Å²) in [4.78, 5) is 23.2. The van der Waals surface area contributed by atoms with E-state index >= 15 is 0 Å². The van der Waals surface area contributed by atoms with Crippen LogP contribution in [0.2, 0.25) is 0 Å². The minimum absolute atomic E-state index is 0.0387. The molecule has 0 fully saturated rings. The second-order valence-corrected chi connectivity index (χ2v) is 8.11. The summed E-state index contributed by atoms with van der Waals surface area (Å²) in [6.45, 7) is 0. The number of pyridine rings is 1. The van der Waals surface area contributed by atoms with E-state index in [1.807, 2.05) is 24.3 Å². The van der Waals surface area contributed by atoms with Crippen molar-refractivity contribution in [3.05, 3.63) is 64.3 Å². The molecule has 144 valence electrons. The van der Waals surface area contributed by atoms with Gasteiger partial charge in [-0.25, -0.2) is 4.98 Å². The number of aryl methyl sites for hydroxylation is 1. The summed E-state index contributed by atoms with van der Waals surface area (Å²) in [6, 6.07) is 11.3. The van der Waals surface area contributed by atoms with Crippen molar-refractivity contribution in [1.82, 2.24) is 14.5 Å². The third-order valence-corrected chi connectivity index (χ3v) is 6.45. The molecule has 0 unspecified atom stereocenters. The molecule has 0 N–H and O–H groups in total. The van der Waals surface area contributed by atoms with Gasteiger partial charge in [0.05, 0.1) is 36.2 Å². The third-order valence-electron chi connectivity index (χ3n) is 4.37. The van der Waals surface area contributed by atoms with Crippen LogP contribution in [0.4, 0.5) is 0 Å². The molecule has 1 aromatic carbocycles. The highest BCUT2D eigenvalue weighted by atomic mass is 32.2. The Labute approximate surface area is 171 Å². The van der Waals surface area contributed by atoms with Crippen LogP contribution >= 0.6 is 23.5 Å². The molecule has 6 nitrogen and oxygen atoms in total. The van der Waals surface area contributed by atoms with Crippen LogP contribution < -0.4 is 15.0 Å². The summed E-state index contributed by atoms with van der Waals surface area (Å²) in [5, 5.41) is 0.657. The highest BCUT2D eigenvalue weighted by molar-refractivity contribution is 7.99. The van der Waals surface area contributed by atoms with Gasteiger partial charge in [-0.1, -0.05) is 17.8 Å². The summed E-state index contributed by atoms with van der Waals surface area (Å²) >= 11 is 3.08. The van der Waals surface area contributed by atoms with Crippen molar-refractivity contribution in [3.63, 3.8) is 0 Å². The third kappa shape index (κ3) is 3.62. The Morgan fingerprint density at radius 3 is 2.79 bits per heavy atom. The van der Waals surface area contributed by atoms with Gasteiger partial charge in [0.25, 0.3) is 5.56 Å². The normalized spacial score (nSPS) is 12.6. The van der Waals surface area contributed by atoms with Gasteiger partial charge in [-0.2, -0.15) is 0 Å². The van der Waals surface area contributed by atoms with Crippen LogP contribution in [0.3, 0.4) is 0 Å². The maximum atomic E-state index is 13.2. The zero-order valence-electron chi connectivity index (χ0n) is 15.5. The molecule has 0 spiro atoms. The van der Waals surface area contributed by atoms with Crippen LogP contribution in [0.15, 0.2) is 57.4 Å². The first kappa shape index (κ1) is 18.9. The molecule has 0 saturated carbocycles. The number of rotatable bonds is 6. The molecule has 2 aromatic heterocycles. The fraction of sp³-hybridized carbons (Fsp3) is 0.250. The number of benzene rings is 1. The molecule has 8 heteroatoms. The van der Waals surface area contributed by atoms with Crippen molar-refractivity contribution in [2.45, 2.75) is 22.2 Å². The van der Waals surface area contributed by atoms with Gasteiger partial charge in [-0.05, 0) is 24.3 Å². The van der Waals surface area contributed by atoms with Crippen molar-refractivity contribution < 1.29 is 9.47 Å². The summed E-state index contributed by atoms with van der Waals surface area (Å²) in [6.07, 6.45) is 2.59. The maximum absolute atomic E-state index is 13.2. The lowest BCUT2D eigenvalue weighted by Gasteiger charge is -2.15. The average Bonchev–Trinajstić information content (AvgIpc) is 3.21. The molecule has 3 heterocycles. The summed E-state index contributed by atoms with van der Waals surface area (Å²) < 4.78 is 12.4. The molecule has 3 aromatic rings. The molecule has 28 heavy (non-hydrogen) atoms. The van der Waals surface area contributed by atoms with E-state index in [-0.39, 0.29) is 5.56 Å². The molecule has 1 aliphatic rings. The second kappa shape index (κ2) is 8.28. The predicted octanol–water partition coefficient (Wildman–Crippen LogP) is 3.59. The quantitative estimate of drug-likeness (QED) is 0.452. The monoisotopic (exact) mass is 413 g/mol. The Morgan fingerprint density at radius 2 is 2.04 bits per heavy atom. The van der Waals surface area contributed by atoms with Crippen molar-refractivity contribution in [2.75, 3.05) is 20.0 Å². The summed E-state index contributed by atoms with van der Waals surface area (Å²) in [5.41, 5.74) is 2.49. The van der Waals surface area contributed by atoms with E-state index in [1.54, 1.807) is 48.9 Å². The highest BCUT2D eigenvalue weighted by Gasteiger charge is 2.23. The lowest BCUT2D eigenvalue weighted by Crippen LogP contribution is -2.24. The Balaban J connectivity index is 1.80. The average molecular weight is 414 g/mol. The van der Waals surface area contributed by atoms with Gasteiger partial charge in [0, 0.05) is 30.2 Å². The minimum atomic E-state index is -0.0387. The van der Waals surface area contributed by atoms with Crippen molar-refractivity contribution in [2.24, 2.45) is 0 Å². The lowest BCUT2D eigenvalue weighted by molar-refractivity contribution is 0.354. The molecule has 0 saturated heterocycles. The molecule has 0 aliphatic carbocycles. The van der Waals surface area contributed by atoms with E-state index in [0.29, 0.717) is 28.1 Å². The van der Waals surface area contributed by atoms with Crippen molar-refractivity contribution in [1.29, 1.82) is 0 Å². The van der Waals surface area contributed by atoms with E-state index in [1.165, 1.54) is 11.8 Å². The number of hydrogen-bond donors (Lipinski definition) is 0. The largest absolute Gasteiger partial charge is 0.493 e. The van der Waals surface area contributed by atoms with Crippen LogP contribution in [0, 0.1) is 0 Å². The summed E-state index contributed by atoms with van der Waals surface area (Å²) in [5.74, 6) is 2.70. The van der Waals surface area contributed by atoms with Gasteiger partial charge in [0.15, 0.2) is 16.7 Å². The smallest absolute Gasteiger partial charge is 0.272 e. The van der Waals surface area contributed by atoms with Crippen LogP contribution in [-0.4, -0.2) is 34.5 Å². The van der Waals surface area contributed by atoms with E-state index in [0.717, 1.165) is 28.5 Å². The number of aromatic nitrogens is 3. The van der Waals surface area contributed by atoms with Crippen LogP contribution in [0.5, 0.6) is 11.5 Å². The van der Waals surface area contributed by atoms with Crippen LogP contribution in [0.25, 0.3) is 5.69 Å². The Morgan fingerprint density at radius 1 is 1.18 bits per heavy atom. The van der Waals surface area contributed by atoms with Gasteiger partial charge < -0.3 is 9.47 Å². The number of methoxy groups -OCH3 is 2. The molecule has 0 atom stereocenters. The first-order chi connectivity index (χ1) is 13.7. The molecule has 4 rings (SSSR count). The molecule has 0 amide bonds. The van der Waals surface area contributed by atoms with Gasteiger partial charge in [0.1, 0.15) is 0 Å². The first-order valence-corrected chi connectivity index (χ1v) is 10.7. The van der Waals surface area contributed by atoms with Crippen LogP contribution in [0.1, 0.15) is 11.4 Å². The molecule has 1 aliphatic heterocycles. The van der Waals surface area contributed by atoms with Gasteiger partial charge in [-0.15, -0.1) is 11.8 Å². The molecule has 0 bridgehead atoms. The number of nitrogens with zero attached hydrogens (tertiary/aromatic N) is 3.